The second kappa shape index (κ2) is 13.8. The highest BCUT2D eigenvalue weighted by Gasteiger charge is 2.47. The van der Waals surface area contributed by atoms with Gasteiger partial charge in [-0.1, -0.05) is 202 Å². The third kappa shape index (κ3) is 5.08. The Bertz CT molecular complexity index is 3610. The average Bonchev–Trinajstić information content (AvgIpc) is 3.97. The van der Waals surface area contributed by atoms with E-state index in [1.165, 1.54) is 61.2 Å². The molecule has 0 amide bonds. The number of fused-ring (bicyclic) bond motifs is 11. The Balaban J connectivity index is 1.09. The van der Waals surface area contributed by atoms with Gasteiger partial charge in [-0.3, -0.25) is 0 Å². The minimum absolute atomic E-state index is 0.102. The fourth-order valence-electron chi connectivity index (χ4n) is 11.5. The van der Waals surface area contributed by atoms with E-state index in [1.807, 2.05) is 0 Å². The van der Waals surface area contributed by atoms with Crippen molar-refractivity contribution in [1.82, 2.24) is 0 Å². The molecule has 0 fully saturated rings. The van der Waals surface area contributed by atoms with Gasteiger partial charge in [0.2, 0.25) is 0 Å². The summed E-state index contributed by atoms with van der Waals surface area (Å²) in [7, 11) is 0. The van der Waals surface area contributed by atoms with E-state index in [1.54, 1.807) is 0 Å². The van der Waals surface area contributed by atoms with Gasteiger partial charge < -0.3 is 9.32 Å². The first-order valence-electron chi connectivity index (χ1n) is 22.3. The van der Waals surface area contributed by atoms with Crippen LogP contribution in [-0.2, 0) is 10.8 Å². The smallest absolute Gasteiger partial charge is 0.159 e. The molecule has 0 N–H and O–H groups in total. The summed E-state index contributed by atoms with van der Waals surface area (Å²) in [6.45, 7) is 4.71. The second-order valence-electron chi connectivity index (χ2n) is 18.0. The Labute approximate surface area is 373 Å². The van der Waals surface area contributed by atoms with Crippen molar-refractivity contribution in [2.75, 3.05) is 4.90 Å². The molecule has 0 atom stereocenters. The van der Waals surface area contributed by atoms with Crippen LogP contribution in [0.5, 0.6) is 0 Å². The van der Waals surface area contributed by atoms with Crippen LogP contribution in [0.3, 0.4) is 0 Å². The highest BCUT2D eigenvalue weighted by atomic mass is 16.3. The summed E-state index contributed by atoms with van der Waals surface area (Å²) in [5.74, 6) is 0. The van der Waals surface area contributed by atoms with Gasteiger partial charge in [0.1, 0.15) is 5.58 Å². The zero-order valence-corrected chi connectivity index (χ0v) is 35.7. The molecule has 10 aromatic carbocycles. The van der Waals surface area contributed by atoms with Crippen LogP contribution in [0.1, 0.15) is 47.2 Å². The number of para-hydroxylation sites is 1. The molecule has 2 nitrogen and oxygen atoms in total. The van der Waals surface area contributed by atoms with Gasteiger partial charge in [-0.15, -0.1) is 0 Å². The van der Waals surface area contributed by atoms with E-state index >= 15 is 0 Å². The van der Waals surface area contributed by atoms with Gasteiger partial charge in [-0.2, -0.15) is 0 Å². The zero-order valence-electron chi connectivity index (χ0n) is 35.7. The van der Waals surface area contributed by atoms with Gasteiger partial charge in [0.05, 0.1) is 16.8 Å². The third-order valence-electron chi connectivity index (χ3n) is 14.3. The Morgan fingerprint density at radius 3 is 1.78 bits per heavy atom. The van der Waals surface area contributed by atoms with Crippen molar-refractivity contribution in [1.29, 1.82) is 0 Å². The molecule has 11 aromatic rings. The van der Waals surface area contributed by atoms with Gasteiger partial charge in [0.15, 0.2) is 5.58 Å². The molecular weight excluding hydrogens is 775 g/mol. The van der Waals surface area contributed by atoms with Gasteiger partial charge >= 0.3 is 0 Å². The van der Waals surface area contributed by atoms with E-state index < -0.39 is 5.41 Å². The summed E-state index contributed by atoms with van der Waals surface area (Å²) in [5, 5.41) is 4.48. The Hall–Kier alpha value is -7.94. The third-order valence-corrected chi connectivity index (χ3v) is 14.3. The molecule has 1 heterocycles. The van der Waals surface area contributed by atoms with Crippen molar-refractivity contribution in [3.05, 3.63) is 258 Å². The molecule has 0 radical (unpaired) electrons. The molecule has 0 bridgehead atoms. The Kier molecular flexibility index (Phi) is 7.90. The van der Waals surface area contributed by atoms with Gasteiger partial charge in [-0.25, -0.2) is 0 Å². The lowest BCUT2D eigenvalue weighted by atomic mass is 9.68. The predicted molar refractivity (Wildman–Crippen MR) is 266 cm³/mol. The maximum atomic E-state index is 7.17. The predicted octanol–water partition coefficient (Wildman–Crippen LogP) is 16.5. The molecule has 2 heteroatoms. The van der Waals surface area contributed by atoms with Gasteiger partial charge in [0.25, 0.3) is 0 Å². The summed E-state index contributed by atoms with van der Waals surface area (Å²) in [5.41, 5.74) is 19.5. The van der Waals surface area contributed by atoms with Crippen LogP contribution in [-0.4, -0.2) is 0 Å². The standard InChI is InChI=1S/C62H43NO/c1-61(2)52-29-13-11-26-47(52)48-36-35-42(39-55(48)61)41-19-15-24-45(38-41)63(57-33-16-28-49-50-37-34-40-18-9-10-25-46(40)59(50)64-60(49)57)56-32-17-31-54-58(56)51-27-12-14-30-53(51)62(54,43-20-5-3-6-21-43)44-22-7-4-8-23-44/h3-39H,1-2H3. The lowest BCUT2D eigenvalue weighted by molar-refractivity contribution is 0.660. The summed E-state index contributed by atoms with van der Waals surface area (Å²) >= 11 is 0. The van der Waals surface area contributed by atoms with E-state index in [9.17, 15) is 0 Å². The summed E-state index contributed by atoms with van der Waals surface area (Å²) in [4.78, 5) is 2.46. The molecule has 2 aliphatic carbocycles. The fourth-order valence-corrected chi connectivity index (χ4v) is 11.5. The average molecular weight is 818 g/mol. The molecule has 64 heavy (non-hydrogen) atoms. The zero-order chi connectivity index (χ0) is 42.6. The number of hydrogen-bond acceptors (Lipinski definition) is 2. The first kappa shape index (κ1) is 36.7. The number of furan rings is 1. The minimum atomic E-state index is -0.545. The molecule has 302 valence electrons. The molecule has 1 aromatic heterocycles. The SMILES string of the molecule is CC1(C)c2ccccc2-c2ccc(-c3cccc(N(c4cccc5c4-c4ccccc4C5(c4ccccc4)c4ccccc4)c4cccc5c4oc4c6ccccc6ccc54)c3)cc21. The van der Waals surface area contributed by atoms with Crippen molar-refractivity contribution in [3.63, 3.8) is 0 Å². The van der Waals surface area contributed by atoms with Crippen LogP contribution in [0.2, 0.25) is 0 Å². The number of benzene rings is 10. The van der Waals surface area contributed by atoms with Crippen LogP contribution in [0.25, 0.3) is 66.1 Å². The van der Waals surface area contributed by atoms with Crippen LogP contribution in [0, 0.1) is 0 Å². The van der Waals surface area contributed by atoms with Crippen LogP contribution in [0.4, 0.5) is 17.1 Å². The first-order chi connectivity index (χ1) is 31.5. The summed E-state index contributed by atoms with van der Waals surface area (Å²) in [6.07, 6.45) is 0. The molecule has 13 rings (SSSR count). The van der Waals surface area contributed by atoms with E-state index in [4.69, 9.17) is 4.42 Å². The summed E-state index contributed by atoms with van der Waals surface area (Å²) in [6, 6.07) is 82.7. The minimum Gasteiger partial charge on any atom is -0.453 e. The van der Waals surface area contributed by atoms with Crippen molar-refractivity contribution < 1.29 is 4.42 Å². The molecule has 0 aliphatic heterocycles. The number of nitrogens with zero attached hydrogens (tertiary/aromatic N) is 1. The highest BCUT2D eigenvalue weighted by Crippen LogP contribution is 2.60. The lowest BCUT2D eigenvalue weighted by Crippen LogP contribution is -2.28. The highest BCUT2D eigenvalue weighted by molar-refractivity contribution is 6.18. The van der Waals surface area contributed by atoms with E-state index in [0.29, 0.717) is 0 Å². The van der Waals surface area contributed by atoms with Crippen molar-refractivity contribution in [2.45, 2.75) is 24.7 Å². The first-order valence-corrected chi connectivity index (χ1v) is 22.3. The Morgan fingerprint density at radius 2 is 0.969 bits per heavy atom. The maximum Gasteiger partial charge on any atom is 0.159 e. The fraction of sp³-hybridized carbons (Fsp3) is 0.0645. The molecule has 0 saturated heterocycles. The van der Waals surface area contributed by atoms with E-state index in [2.05, 4.69) is 243 Å². The van der Waals surface area contributed by atoms with E-state index in [-0.39, 0.29) is 5.41 Å². The van der Waals surface area contributed by atoms with Crippen molar-refractivity contribution >= 4 is 49.8 Å². The molecular formula is C62H43NO. The topological polar surface area (TPSA) is 16.4 Å². The van der Waals surface area contributed by atoms with Crippen LogP contribution < -0.4 is 4.90 Å². The summed E-state index contributed by atoms with van der Waals surface area (Å²) < 4.78 is 7.17. The van der Waals surface area contributed by atoms with E-state index in [0.717, 1.165) is 55.3 Å². The molecule has 0 spiro atoms. The number of rotatable bonds is 6. The Morgan fingerprint density at radius 1 is 0.375 bits per heavy atom. The van der Waals surface area contributed by atoms with Gasteiger partial charge in [-0.05, 0) is 103 Å². The largest absolute Gasteiger partial charge is 0.453 e. The van der Waals surface area contributed by atoms with Crippen LogP contribution in [0.15, 0.2) is 229 Å². The van der Waals surface area contributed by atoms with Gasteiger partial charge in [0, 0.05) is 32.8 Å². The second-order valence-corrected chi connectivity index (χ2v) is 18.0. The van der Waals surface area contributed by atoms with Crippen LogP contribution >= 0.6 is 0 Å². The quantitative estimate of drug-likeness (QED) is 0.166. The molecule has 2 aliphatic rings. The van der Waals surface area contributed by atoms with Crippen molar-refractivity contribution in [2.24, 2.45) is 0 Å². The number of anilines is 3. The maximum absolute atomic E-state index is 7.17. The monoisotopic (exact) mass is 817 g/mol. The molecule has 0 unspecified atom stereocenters. The molecule has 0 saturated carbocycles. The van der Waals surface area contributed by atoms with Crippen molar-refractivity contribution in [3.8, 4) is 33.4 Å². The normalized spacial score (nSPS) is 14.0. The lowest BCUT2D eigenvalue weighted by Gasteiger charge is -2.34. The number of hydrogen-bond donors (Lipinski definition) is 0.